The number of halogens is 3. The molecule has 0 atom stereocenters. The standard InChI is InChI=1S/C17H13F3N3O5P/c18-17(19,20)12-6-10-7-15(24)16(25)23(9-29(26,27)28)14(10)8-13(12)22-21-11-4-2-1-3-5-11/h1-6,8H,7,9H2,(H2,26,27,28). The lowest BCUT2D eigenvalue weighted by Crippen LogP contribution is -2.42. The summed E-state index contributed by atoms with van der Waals surface area (Å²) in [6.07, 6.45) is -6.60. The summed E-state index contributed by atoms with van der Waals surface area (Å²) in [6, 6.07) is 9.42. The quantitative estimate of drug-likeness (QED) is 0.438. The average molecular weight is 427 g/mol. The number of carbonyl (C=O) groups is 2. The van der Waals surface area contributed by atoms with Crippen LogP contribution in [-0.4, -0.2) is 27.8 Å². The Morgan fingerprint density at radius 3 is 2.31 bits per heavy atom. The van der Waals surface area contributed by atoms with Crippen LogP contribution in [0.5, 0.6) is 0 Å². The van der Waals surface area contributed by atoms with E-state index in [1.807, 2.05) is 0 Å². The molecule has 1 aliphatic heterocycles. The Balaban J connectivity index is 2.16. The van der Waals surface area contributed by atoms with E-state index in [-0.39, 0.29) is 16.9 Å². The van der Waals surface area contributed by atoms with E-state index in [1.54, 1.807) is 18.2 Å². The molecule has 1 amide bonds. The van der Waals surface area contributed by atoms with E-state index in [1.165, 1.54) is 12.1 Å². The van der Waals surface area contributed by atoms with Crippen LogP contribution in [0.15, 0.2) is 52.7 Å². The number of fused-ring (bicyclic) bond motifs is 1. The molecule has 152 valence electrons. The maximum atomic E-state index is 13.5. The summed E-state index contributed by atoms with van der Waals surface area (Å²) >= 11 is 0. The van der Waals surface area contributed by atoms with Gasteiger partial charge in [-0.05, 0) is 29.8 Å². The molecule has 29 heavy (non-hydrogen) atoms. The van der Waals surface area contributed by atoms with Crippen LogP contribution in [0.25, 0.3) is 0 Å². The van der Waals surface area contributed by atoms with Crippen molar-refractivity contribution in [3.8, 4) is 0 Å². The average Bonchev–Trinajstić information content (AvgIpc) is 2.62. The number of hydrogen-bond acceptors (Lipinski definition) is 5. The highest BCUT2D eigenvalue weighted by molar-refractivity contribution is 7.51. The van der Waals surface area contributed by atoms with Crippen molar-refractivity contribution in [3.63, 3.8) is 0 Å². The number of anilines is 1. The first-order chi connectivity index (χ1) is 13.5. The van der Waals surface area contributed by atoms with Crippen LogP contribution in [0.2, 0.25) is 0 Å². The normalized spacial score (nSPS) is 15.1. The predicted molar refractivity (Wildman–Crippen MR) is 95.2 cm³/mol. The molecule has 0 bridgehead atoms. The van der Waals surface area contributed by atoms with Crippen molar-refractivity contribution in [1.29, 1.82) is 0 Å². The number of ketones is 1. The zero-order chi connectivity index (χ0) is 21.4. The van der Waals surface area contributed by atoms with Crippen molar-refractivity contribution in [3.05, 3.63) is 53.6 Å². The third-order valence-electron chi connectivity index (χ3n) is 3.98. The number of azo groups is 1. The Bertz CT molecular complexity index is 1050. The van der Waals surface area contributed by atoms with Crippen LogP contribution < -0.4 is 4.90 Å². The zero-order valence-electron chi connectivity index (χ0n) is 14.5. The van der Waals surface area contributed by atoms with Crippen molar-refractivity contribution in [2.24, 2.45) is 10.2 Å². The minimum atomic E-state index is -4.83. The lowest BCUT2D eigenvalue weighted by molar-refractivity contribution is -0.137. The number of carbonyl (C=O) groups excluding carboxylic acids is 2. The number of Topliss-reactive ketones (excluding diaryl/α,β-unsaturated/α-hetero) is 1. The number of hydrogen-bond donors (Lipinski definition) is 2. The first kappa shape index (κ1) is 20.8. The van der Waals surface area contributed by atoms with Gasteiger partial charge in [-0.25, -0.2) is 0 Å². The second-order valence-electron chi connectivity index (χ2n) is 6.17. The molecule has 2 aromatic carbocycles. The van der Waals surface area contributed by atoms with Crippen molar-refractivity contribution >= 4 is 36.3 Å². The monoisotopic (exact) mass is 427 g/mol. The molecule has 0 spiro atoms. The number of nitrogens with zero attached hydrogens (tertiary/aromatic N) is 3. The van der Waals surface area contributed by atoms with Gasteiger partial charge in [0.15, 0.2) is 0 Å². The number of benzene rings is 2. The van der Waals surface area contributed by atoms with Gasteiger partial charge in [-0.2, -0.15) is 18.3 Å². The molecule has 1 aliphatic rings. The Morgan fingerprint density at radius 2 is 1.72 bits per heavy atom. The van der Waals surface area contributed by atoms with Gasteiger partial charge in [0, 0.05) is 6.42 Å². The van der Waals surface area contributed by atoms with Crippen molar-refractivity contribution < 1.29 is 37.1 Å². The number of rotatable bonds is 4. The van der Waals surface area contributed by atoms with E-state index >= 15 is 0 Å². The van der Waals surface area contributed by atoms with Gasteiger partial charge in [-0.3, -0.25) is 19.1 Å². The maximum Gasteiger partial charge on any atom is 0.418 e. The Kier molecular flexibility index (Phi) is 5.40. The molecule has 0 aliphatic carbocycles. The summed E-state index contributed by atoms with van der Waals surface area (Å²) < 4.78 is 51.8. The van der Waals surface area contributed by atoms with Gasteiger partial charge in [-0.15, -0.1) is 5.11 Å². The maximum absolute atomic E-state index is 13.5. The lowest BCUT2D eigenvalue weighted by atomic mass is 9.97. The van der Waals surface area contributed by atoms with Gasteiger partial charge >= 0.3 is 13.8 Å². The fraction of sp³-hybridized carbons (Fsp3) is 0.176. The molecule has 2 aromatic rings. The molecular weight excluding hydrogens is 414 g/mol. The van der Waals surface area contributed by atoms with Gasteiger partial charge in [0.25, 0.3) is 5.91 Å². The molecule has 0 radical (unpaired) electrons. The summed E-state index contributed by atoms with van der Waals surface area (Å²) in [5, 5.41) is 7.35. The summed E-state index contributed by atoms with van der Waals surface area (Å²) in [6.45, 7) is 0. The summed E-state index contributed by atoms with van der Waals surface area (Å²) in [7, 11) is -4.80. The SMILES string of the molecule is O=C1Cc2cc(C(F)(F)F)c(N=Nc3ccccc3)cc2N(CP(=O)(O)O)C1=O. The largest absolute Gasteiger partial charge is 0.418 e. The van der Waals surface area contributed by atoms with Crippen LogP contribution in [-0.2, 0) is 26.8 Å². The molecule has 0 unspecified atom stereocenters. The van der Waals surface area contributed by atoms with E-state index in [0.29, 0.717) is 11.0 Å². The second kappa shape index (κ2) is 7.51. The van der Waals surface area contributed by atoms with Crippen LogP contribution in [0.4, 0.5) is 30.2 Å². The summed E-state index contributed by atoms with van der Waals surface area (Å²) in [4.78, 5) is 42.8. The molecule has 1 heterocycles. The molecule has 8 nitrogen and oxygen atoms in total. The molecule has 0 saturated carbocycles. The van der Waals surface area contributed by atoms with Gasteiger partial charge in [0.2, 0.25) is 5.78 Å². The van der Waals surface area contributed by atoms with Crippen molar-refractivity contribution in [1.82, 2.24) is 0 Å². The molecule has 0 saturated heterocycles. The first-order valence-corrected chi connectivity index (χ1v) is 9.85. The molecule has 2 N–H and O–H groups in total. The van der Waals surface area contributed by atoms with Gasteiger partial charge < -0.3 is 9.79 Å². The van der Waals surface area contributed by atoms with E-state index in [4.69, 9.17) is 0 Å². The third kappa shape index (κ3) is 4.76. The van der Waals surface area contributed by atoms with Gasteiger partial charge in [0.1, 0.15) is 6.29 Å². The van der Waals surface area contributed by atoms with Gasteiger partial charge in [0.05, 0.1) is 22.6 Å². The van der Waals surface area contributed by atoms with Crippen molar-refractivity contribution in [2.75, 3.05) is 11.2 Å². The summed E-state index contributed by atoms with van der Waals surface area (Å²) in [5.41, 5.74) is -1.98. The highest BCUT2D eigenvalue weighted by Crippen LogP contribution is 2.44. The fourth-order valence-corrected chi connectivity index (χ4v) is 3.41. The molecule has 12 heteroatoms. The smallest absolute Gasteiger partial charge is 0.323 e. The highest BCUT2D eigenvalue weighted by atomic mass is 31.2. The van der Waals surface area contributed by atoms with Crippen LogP contribution >= 0.6 is 7.60 Å². The Hall–Kier alpha value is -2.88. The van der Waals surface area contributed by atoms with Crippen LogP contribution in [0.1, 0.15) is 11.1 Å². The van der Waals surface area contributed by atoms with Crippen molar-refractivity contribution in [2.45, 2.75) is 12.6 Å². The lowest BCUT2D eigenvalue weighted by Gasteiger charge is -2.29. The molecule has 0 fully saturated rings. The number of amides is 1. The van der Waals surface area contributed by atoms with E-state index in [0.717, 1.165) is 6.07 Å². The Labute approximate surface area is 161 Å². The van der Waals surface area contributed by atoms with E-state index < -0.39 is 49.4 Å². The third-order valence-corrected chi connectivity index (χ3v) is 4.63. The van der Waals surface area contributed by atoms with Crippen LogP contribution in [0.3, 0.4) is 0 Å². The Morgan fingerprint density at radius 1 is 1.07 bits per heavy atom. The van der Waals surface area contributed by atoms with E-state index in [9.17, 15) is 37.1 Å². The molecular formula is C17H13F3N3O5P. The highest BCUT2D eigenvalue weighted by Gasteiger charge is 2.40. The van der Waals surface area contributed by atoms with Gasteiger partial charge in [-0.1, -0.05) is 18.2 Å². The van der Waals surface area contributed by atoms with E-state index in [2.05, 4.69) is 10.2 Å². The van der Waals surface area contributed by atoms with Crippen LogP contribution in [0, 0.1) is 0 Å². The molecule has 0 aromatic heterocycles. The first-order valence-electron chi connectivity index (χ1n) is 8.06. The summed E-state index contributed by atoms with van der Waals surface area (Å²) in [5.74, 6) is -2.29. The predicted octanol–water partition coefficient (Wildman–Crippen LogP) is 3.71. The minimum absolute atomic E-state index is 0.186. The minimum Gasteiger partial charge on any atom is -0.323 e. The fourth-order valence-electron chi connectivity index (χ4n) is 2.76. The number of alkyl halides is 3. The molecule has 3 rings (SSSR count). The zero-order valence-corrected chi connectivity index (χ0v) is 15.4. The topological polar surface area (TPSA) is 120 Å². The second-order valence-corrected chi connectivity index (χ2v) is 7.78.